The Kier molecular flexibility index (Phi) is 2.45. The molecule has 1 atom stereocenters. The molecule has 1 rings (SSSR count). The smallest absolute Gasteiger partial charge is 0.156 e. The van der Waals surface area contributed by atoms with Crippen LogP contribution < -0.4 is 11.1 Å². The van der Waals surface area contributed by atoms with Crippen LogP contribution >= 0.6 is 0 Å². The van der Waals surface area contributed by atoms with Crippen molar-refractivity contribution in [3.05, 3.63) is 0 Å². The minimum atomic E-state index is -0.790. The first-order chi connectivity index (χ1) is 5.17. The van der Waals surface area contributed by atoms with Gasteiger partial charge in [-0.25, -0.2) is 0 Å². The lowest BCUT2D eigenvalue weighted by Gasteiger charge is -2.35. The van der Waals surface area contributed by atoms with Crippen molar-refractivity contribution in [3.8, 4) is 6.07 Å². The number of hydrogen-bond acceptors (Lipinski definition) is 4. The summed E-state index contributed by atoms with van der Waals surface area (Å²) < 4.78 is 0. The lowest BCUT2D eigenvalue weighted by molar-refractivity contribution is 0.138. The molecule has 1 aliphatic heterocycles. The number of nitrogens with two attached hydrogens (primary N) is 1. The Morgan fingerprint density at radius 3 is 2.55 bits per heavy atom. The Morgan fingerprint density at radius 2 is 2.09 bits per heavy atom. The highest BCUT2D eigenvalue weighted by Crippen LogP contribution is 2.06. The van der Waals surface area contributed by atoms with Gasteiger partial charge in [-0.15, -0.1) is 0 Å². The Hall–Kier alpha value is -0.630. The van der Waals surface area contributed by atoms with Crippen molar-refractivity contribution < 1.29 is 0 Å². The van der Waals surface area contributed by atoms with Gasteiger partial charge in [0, 0.05) is 26.2 Å². The highest BCUT2D eigenvalue weighted by atomic mass is 15.3. The molecule has 1 fully saturated rings. The number of nitriles is 1. The molecule has 0 spiro atoms. The van der Waals surface area contributed by atoms with Gasteiger partial charge in [0.2, 0.25) is 0 Å². The van der Waals surface area contributed by atoms with E-state index in [0.29, 0.717) is 0 Å². The third kappa shape index (κ3) is 1.90. The molecule has 0 aromatic rings. The number of nitrogens with one attached hydrogen (secondary N) is 1. The molecule has 0 aromatic carbocycles. The minimum absolute atomic E-state index is 0.790. The second-order valence-electron chi connectivity index (χ2n) is 3.00. The first-order valence-corrected chi connectivity index (χ1v) is 3.83. The zero-order valence-electron chi connectivity index (χ0n) is 6.80. The molecular weight excluding hydrogens is 140 g/mol. The highest BCUT2D eigenvalue weighted by Gasteiger charge is 2.27. The zero-order valence-corrected chi connectivity index (χ0v) is 6.80. The average molecular weight is 154 g/mol. The van der Waals surface area contributed by atoms with Crippen molar-refractivity contribution >= 4 is 0 Å². The van der Waals surface area contributed by atoms with E-state index in [9.17, 15) is 0 Å². The number of hydrogen-bond donors (Lipinski definition) is 2. The van der Waals surface area contributed by atoms with Gasteiger partial charge < -0.3 is 11.1 Å². The molecule has 3 N–H and O–H groups in total. The highest BCUT2D eigenvalue weighted by molar-refractivity contribution is 5.01. The van der Waals surface area contributed by atoms with Gasteiger partial charge in [-0.05, 0) is 6.92 Å². The monoisotopic (exact) mass is 154 g/mol. The Balaban J connectivity index is 2.52. The summed E-state index contributed by atoms with van der Waals surface area (Å²) in [6.45, 7) is 5.32. The first kappa shape index (κ1) is 8.47. The van der Waals surface area contributed by atoms with Gasteiger partial charge in [-0.2, -0.15) is 5.26 Å². The van der Waals surface area contributed by atoms with Gasteiger partial charge in [0.05, 0.1) is 0 Å². The van der Waals surface area contributed by atoms with Crippen LogP contribution in [0.3, 0.4) is 0 Å². The fourth-order valence-corrected chi connectivity index (χ4v) is 1.20. The molecule has 0 saturated carbocycles. The normalized spacial score (nSPS) is 25.5. The maximum Gasteiger partial charge on any atom is 0.156 e. The van der Waals surface area contributed by atoms with Gasteiger partial charge in [-0.1, -0.05) is 0 Å². The maximum atomic E-state index is 8.71. The molecule has 0 amide bonds. The van der Waals surface area contributed by atoms with Crippen molar-refractivity contribution in [1.82, 2.24) is 10.2 Å². The third-order valence-corrected chi connectivity index (χ3v) is 2.00. The molecule has 0 aliphatic carbocycles. The van der Waals surface area contributed by atoms with Crippen LogP contribution in [0.4, 0.5) is 0 Å². The average Bonchev–Trinajstić information content (AvgIpc) is 2.06. The topological polar surface area (TPSA) is 65.1 Å². The largest absolute Gasteiger partial charge is 0.314 e. The molecule has 0 bridgehead atoms. The van der Waals surface area contributed by atoms with E-state index in [4.69, 9.17) is 11.0 Å². The van der Waals surface area contributed by atoms with Crippen molar-refractivity contribution in [1.29, 1.82) is 5.26 Å². The first-order valence-electron chi connectivity index (χ1n) is 3.83. The second kappa shape index (κ2) is 3.18. The number of piperazine rings is 1. The summed E-state index contributed by atoms with van der Waals surface area (Å²) >= 11 is 0. The molecule has 11 heavy (non-hydrogen) atoms. The Morgan fingerprint density at radius 1 is 1.55 bits per heavy atom. The summed E-state index contributed by atoms with van der Waals surface area (Å²) in [5.74, 6) is 0. The van der Waals surface area contributed by atoms with Crippen LogP contribution in [0.1, 0.15) is 6.92 Å². The van der Waals surface area contributed by atoms with Crippen molar-refractivity contribution in [2.45, 2.75) is 12.6 Å². The van der Waals surface area contributed by atoms with Gasteiger partial charge in [0.15, 0.2) is 5.66 Å². The molecule has 1 saturated heterocycles. The lowest BCUT2D eigenvalue weighted by Crippen LogP contribution is -2.58. The zero-order chi connectivity index (χ0) is 8.32. The predicted octanol–water partition coefficient (Wildman–Crippen LogP) is -0.910. The number of nitrogens with zero attached hydrogens (tertiary/aromatic N) is 2. The standard InChI is InChI=1S/C7H14N4/c1-7(9,6-8)11-4-2-10-3-5-11/h10H,2-5,9H2,1H3. The molecule has 0 aromatic heterocycles. The van der Waals surface area contributed by atoms with Gasteiger partial charge in [0.1, 0.15) is 6.07 Å². The minimum Gasteiger partial charge on any atom is -0.314 e. The summed E-state index contributed by atoms with van der Waals surface area (Å²) in [6.07, 6.45) is 0. The maximum absolute atomic E-state index is 8.71. The van der Waals surface area contributed by atoms with Crippen LogP contribution in [0.2, 0.25) is 0 Å². The van der Waals surface area contributed by atoms with E-state index in [-0.39, 0.29) is 0 Å². The van der Waals surface area contributed by atoms with Crippen LogP contribution in [0.25, 0.3) is 0 Å². The summed E-state index contributed by atoms with van der Waals surface area (Å²) in [6, 6.07) is 2.09. The molecule has 1 aliphatic rings. The fourth-order valence-electron chi connectivity index (χ4n) is 1.20. The van der Waals surface area contributed by atoms with Gasteiger partial charge in [-0.3, -0.25) is 4.90 Å². The molecule has 0 radical (unpaired) electrons. The van der Waals surface area contributed by atoms with Crippen molar-refractivity contribution in [3.63, 3.8) is 0 Å². The molecule has 62 valence electrons. The van der Waals surface area contributed by atoms with Crippen LogP contribution in [-0.2, 0) is 0 Å². The van der Waals surface area contributed by atoms with Gasteiger partial charge in [0.25, 0.3) is 0 Å². The fraction of sp³-hybridized carbons (Fsp3) is 0.857. The Bertz CT molecular complexity index is 164. The summed E-state index contributed by atoms with van der Waals surface area (Å²) in [5, 5.41) is 11.9. The quantitative estimate of drug-likeness (QED) is 0.513. The molecule has 4 nitrogen and oxygen atoms in total. The molecule has 1 heterocycles. The van der Waals surface area contributed by atoms with Crippen molar-refractivity contribution in [2.24, 2.45) is 5.73 Å². The second-order valence-corrected chi connectivity index (χ2v) is 3.00. The molecular formula is C7H14N4. The van der Waals surface area contributed by atoms with E-state index in [1.807, 2.05) is 4.90 Å². The summed E-state index contributed by atoms with van der Waals surface area (Å²) in [7, 11) is 0. The number of rotatable bonds is 1. The van der Waals surface area contributed by atoms with Crippen LogP contribution in [0.5, 0.6) is 0 Å². The van der Waals surface area contributed by atoms with E-state index in [2.05, 4.69) is 11.4 Å². The SMILES string of the molecule is CC(N)(C#N)N1CCNCC1. The van der Waals surface area contributed by atoms with Crippen LogP contribution in [0.15, 0.2) is 0 Å². The summed E-state index contributed by atoms with van der Waals surface area (Å²) in [5.41, 5.74) is 4.94. The molecule has 1 unspecified atom stereocenters. The Labute approximate surface area is 67.0 Å². The van der Waals surface area contributed by atoms with Crippen LogP contribution in [0, 0.1) is 11.3 Å². The van der Waals surface area contributed by atoms with E-state index in [1.54, 1.807) is 6.92 Å². The van der Waals surface area contributed by atoms with E-state index < -0.39 is 5.66 Å². The third-order valence-electron chi connectivity index (χ3n) is 2.00. The van der Waals surface area contributed by atoms with Crippen LogP contribution in [-0.4, -0.2) is 36.7 Å². The molecule has 4 heteroatoms. The van der Waals surface area contributed by atoms with E-state index in [1.165, 1.54) is 0 Å². The van der Waals surface area contributed by atoms with E-state index in [0.717, 1.165) is 26.2 Å². The van der Waals surface area contributed by atoms with Crippen molar-refractivity contribution in [2.75, 3.05) is 26.2 Å². The summed E-state index contributed by atoms with van der Waals surface area (Å²) in [4.78, 5) is 1.99. The van der Waals surface area contributed by atoms with Gasteiger partial charge >= 0.3 is 0 Å². The van der Waals surface area contributed by atoms with E-state index >= 15 is 0 Å². The lowest BCUT2D eigenvalue weighted by atomic mass is 10.2. The predicted molar refractivity (Wildman–Crippen MR) is 42.6 cm³/mol.